The molecule has 1 N–H and O–H groups in total. The summed E-state index contributed by atoms with van der Waals surface area (Å²) in [6, 6.07) is 9.90. The van der Waals surface area contributed by atoms with Gasteiger partial charge in [-0.3, -0.25) is 15.5 Å². The fraction of sp³-hybridized carbons (Fsp3) is 0.143. The first kappa shape index (κ1) is 14.3. The van der Waals surface area contributed by atoms with Gasteiger partial charge in [0.05, 0.1) is 16.8 Å². The summed E-state index contributed by atoms with van der Waals surface area (Å²) < 4.78 is 1.77. The number of hydrogen-bond donors (Lipinski definition) is 1. The topological polar surface area (TPSA) is 96.2 Å². The lowest BCUT2D eigenvalue weighted by Crippen LogP contribution is -1.96. The van der Waals surface area contributed by atoms with Gasteiger partial charge in [0.2, 0.25) is 0 Å². The average molecular weight is 283 g/mol. The molecule has 0 spiro atoms. The van der Waals surface area contributed by atoms with E-state index >= 15 is 0 Å². The van der Waals surface area contributed by atoms with Crippen molar-refractivity contribution in [1.29, 1.82) is 5.26 Å². The molecule has 0 bridgehead atoms. The molecule has 0 saturated carbocycles. The van der Waals surface area contributed by atoms with Gasteiger partial charge in [-0.1, -0.05) is 6.07 Å². The van der Waals surface area contributed by atoms with Gasteiger partial charge in [0.1, 0.15) is 11.8 Å². The van der Waals surface area contributed by atoms with Crippen LogP contribution in [0, 0.1) is 28.4 Å². The highest BCUT2D eigenvalue weighted by Gasteiger charge is 2.07. The van der Waals surface area contributed by atoms with Crippen molar-refractivity contribution in [1.82, 2.24) is 4.57 Å². The van der Waals surface area contributed by atoms with Gasteiger partial charge in [0, 0.05) is 30.4 Å². The lowest BCUT2D eigenvalue weighted by atomic mass is 10.3. The van der Waals surface area contributed by atoms with Crippen molar-refractivity contribution in [2.24, 2.45) is 12.1 Å². The Morgan fingerprint density at radius 1 is 1.48 bits per heavy atom. The molecule has 2 aromatic rings. The lowest BCUT2D eigenvalue weighted by molar-refractivity contribution is -0.384. The van der Waals surface area contributed by atoms with E-state index in [0.29, 0.717) is 11.4 Å². The maximum Gasteiger partial charge on any atom is 0.271 e. The monoisotopic (exact) mass is 283 g/mol. The zero-order valence-electron chi connectivity index (χ0n) is 11.6. The second-order valence-corrected chi connectivity index (χ2v) is 4.42. The molecule has 1 heterocycles. The molecule has 2 rings (SSSR count). The molecule has 0 aliphatic heterocycles. The van der Waals surface area contributed by atoms with Gasteiger partial charge in [0.25, 0.3) is 5.69 Å². The van der Waals surface area contributed by atoms with Crippen LogP contribution in [0.25, 0.3) is 0 Å². The van der Waals surface area contributed by atoms with Crippen LogP contribution in [-0.2, 0) is 7.05 Å². The molecule has 1 aromatic carbocycles. The number of aromatic nitrogens is 1. The highest BCUT2D eigenvalue weighted by Crippen LogP contribution is 2.17. The number of non-ortho nitro benzene ring substituents is 1. The molecule has 0 saturated heterocycles. The summed E-state index contributed by atoms with van der Waals surface area (Å²) in [6.45, 7) is 1.88. The molecule has 0 amide bonds. The summed E-state index contributed by atoms with van der Waals surface area (Å²) >= 11 is 0. The minimum atomic E-state index is -0.463. The van der Waals surface area contributed by atoms with Crippen molar-refractivity contribution >= 4 is 17.6 Å². The first-order valence-electron chi connectivity index (χ1n) is 6.13. The Kier molecular flexibility index (Phi) is 4.00. The Balaban J connectivity index is 2.15. The summed E-state index contributed by atoms with van der Waals surface area (Å²) in [5.41, 5.74) is 5.53. The normalized spacial score (nSPS) is 10.5. The first-order chi connectivity index (χ1) is 10.0. The van der Waals surface area contributed by atoms with Crippen molar-refractivity contribution in [2.75, 3.05) is 5.43 Å². The third-order valence-corrected chi connectivity index (χ3v) is 3.14. The van der Waals surface area contributed by atoms with E-state index in [1.165, 1.54) is 12.1 Å². The van der Waals surface area contributed by atoms with Crippen LogP contribution in [0.3, 0.4) is 0 Å². The molecule has 0 fully saturated rings. The van der Waals surface area contributed by atoms with Crippen molar-refractivity contribution in [2.45, 2.75) is 6.92 Å². The maximum absolute atomic E-state index is 10.7. The third-order valence-electron chi connectivity index (χ3n) is 3.14. The highest BCUT2D eigenvalue weighted by molar-refractivity contribution is 5.82. The molecule has 106 valence electrons. The van der Waals surface area contributed by atoms with E-state index in [0.717, 1.165) is 11.3 Å². The Hall–Kier alpha value is -3.14. The fourth-order valence-corrected chi connectivity index (χ4v) is 1.83. The summed E-state index contributed by atoms with van der Waals surface area (Å²) in [5, 5.41) is 23.7. The summed E-state index contributed by atoms with van der Waals surface area (Å²) in [4.78, 5) is 10.2. The Bertz CT molecular complexity index is 755. The Morgan fingerprint density at radius 3 is 2.86 bits per heavy atom. The molecular formula is C14H13N5O2. The van der Waals surface area contributed by atoms with Crippen LogP contribution in [0.15, 0.2) is 35.4 Å². The quantitative estimate of drug-likeness (QED) is 0.529. The van der Waals surface area contributed by atoms with E-state index in [1.807, 2.05) is 6.92 Å². The Labute approximate surface area is 121 Å². The first-order valence-corrected chi connectivity index (χ1v) is 6.13. The number of nitriles is 1. The van der Waals surface area contributed by atoms with Crippen LogP contribution in [0.2, 0.25) is 0 Å². The van der Waals surface area contributed by atoms with E-state index in [9.17, 15) is 10.1 Å². The molecule has 0 aliphatic carbocycles. The average Bonchev–Trinajstić information content (AvgIpc) is 2.75. The molecule has 0 aliphatic rings. The lowest BCUT2D eigenvalue weighted by Gasteiger charge is -2.00. The second kappa shape index (κ2) is 5.88. The smallest absolute Gasteiger partial charge is 0.271 e. The number of nitrogens with one attached hydrogen (secondary N) is 1. The highest BCUT2D eigenvalue weighted by atomic mass is 16.6. The second-order valence-electron chi connectivity index (χ2n) is 4.42. The molecular weight excluding hydrogens is 270 g/mol. The van der Waals surface area contributed by atoms with E-state index in [4.69, 9.17) is 5.26 Å². The van der Waals surface area contributed by atoms with E-state index in [2.05, 4.69) is 16.6 Å². The minimum absolute atomic E-state index is 0.00198. The molecule has 21 heavy (non-hydrogen) atoms. The van der Waals surface area contributed by atoms with Gasteiger partial charge in [0.15, 0.2) is 0 Å². The van der Waals surface area contributed by atoms with Crippen LogP contribution in [0.5, 0.6) is 0 Å². The number of hydrazone groups is 1. The van der Waals surface area contributed by atoms with Gasteiger partial charge in [-0.15, -0.1) is 0 Å². The van der Waals surface area contributed by atoms with Crippen LogP contribution < -0.4 is 5.43 Å². The van der Waals surface area contributed by atoms with Gasteiger partial charge in [-0.25, -0.2) is 0 Å². The SMILES string of the molecule is Cc1c(/C=N\Nc2cccc([N+](=O)[O-])c2)cc(C#N)n1C. The maximum atomic E-state index is 10.7. The predicted molar refractivity (Wildman–Crippen MR) is 79.2 cm³/mol. The van der Waals surface area contributed by atoms with Crippen LogP contribution >= 0.6 is 0 Å². The number of hydrogen-bond acceptors (Lipinski definition) is 5. The van der Waals surface area contributed by atoms with Gasteiger partial charge >= 0.3 is 0 Å². The zero-order valence-corrected chi connectivity index (χ0v) is 11.6. The molecule has 1 aromatic heterocycles. The summed E-state index contributed by atoms with van der Waals surface area (Å²) in [7, 11) is 1.80. The summed E-state index contributed by atoms with van der Waals surface area (Å²) in [5.74, 6) is 0. The molecule has 0 radical (unpaired) electrons. The molecule has 7 heteroatoms. The zero-order chi connectivity index (χ0) is 15.4. The number of nitro benzene ring substituents is 1. The van der Waals surface area contributed by atoms with Crippen LogP contribution in [0.1, 0.15) is 17.0 Å². The standard InChI is InChI=1S/C14H13N5O2/c1-10-11(6-14(8-15)18(10)2)9-16-17-12-4-3-5-13(7-12)19(20)21/h3-7,9,17H,1-2H3/b16-9-. The van der Waals surface area contributed by atoms with Gasteiger partial charge in [-0.05, 0) is 19.1 Å². The molecule has 7 nitrogen and oxygen atoms in total. The number of nitrogens with zero attached hydrogens (tertiary/aromatic N) is 4. The number of anilines is 1. The number of nitro groups is 1. The predicted octanol–water partition coefficient (Wildman–Crippen LogP) is 2.56. The molecule has 0 unspecified atom stereocenters. The van der Waals surface area contributed by atoms with E-state index in [-0.39, 0.29) is 5.69 Å². The van der Waals surface area contributed by atoms with Crippen molar-refractivity contribution < 1.29 is 4.92 Å². The van der Waals surface area contributed by atoms with Crippen LogP contribution in [-0.4, -0.2) is 15.7 Å². The fourth-order valence-electron chi connectivity index (χ4n) is 1.83. The van der Waals surface area contributed by atoms with Crippen molar-refractivity contribution in [3.63, 3.8) is 0 Å². The molecule has 0 atom stereocenters. The van der Waals surface area contributed by atoms with Crippen molar-refractivity contribution in [3.05, 3.63) is 57.4 Å². The number of rotatable bonds is 4. The van der Waals surface area contributed by atoms with E-state index < -0.39 is 4.92 Å². The van der Waals surface area contributed by atoms with Crippen LogP contribution in [0.4, 0.5) is 11.4 Å². The summed E-state index contributed by atoms with van der Waals surface area (Å²) in [6.07, 6.45) is 1.58. The third kappa shape index (κ3) is 3.06. The van der Waals surface area contributed by atoms with E-state index in [1.54, 1.807) is 36.0 Å². The largest absolute Gasteiger partial charge is 0.339 e. The van der Waals surface area contributed by atoms with Gasteiger partial charge < -0.3 is 4.57 Å². The minimum Gasteiger partial charge on any atom is -0.339 e. The Morgan fingerprint density at radius 2 is 2.24 bits per heavy atom. The number of benzene rings is 1. The van der Waals surface area contributed by atoms with Gasteiger partial charge in [-0.2, -0.15) is 10.4 Å². The van der Waals surface area contributed by atoms with Crippen molar-refractivity contribution in [3.8, 4) is 6.07 Å².